The number of carbonyl (C=O) groups excluding carboxylic acids is 2. The van der Waals surface area contributed by atoms with E-state index in [-0.39, 0.29) is 28.4 Å². The van der Waals surface area contributed by atoms with Crippen molar-refractivity contribution in [2.75, 3.05) is 0 Å². The lowest BCUT2D eigenvalue weighted by atomic mass is 9.84. The first-order valence-corrected chi connectivity index (χ1v) is 8.80. The number of hydrogen-bond donors (Lipinski definition) is 2. The zero-order valence-corrected chi connectivity index (χ0v) is 15.5. The number of nitro benzene ring substituents is 1. The number of Topliss-reactive ketones (excluding diaryl/α,β-unsaturated/α-hetero) is 1. The molecule has 0 fully saturated rings. The molecule has 0 saturated heterocycles. The summed E-state index contributed by atoms with van der Waals surface area (Å²) in [4.78, 5) is 36.1. The molecule has 2 aromatic rings. The Hall–Kier alpha value is -3.26. The summed E-state index contributed by atoms with van der Waals surface area (Å²) >= 11 is 0. The summed E-state index contributed by atoms with van der Waals surface area (Å²) in [6, 6.07) is 9.08. The number of hydrogen-bond acceptors (Lipinski definition) is 6. The molecule has 1 aliphatic heterocycles. The highest BCUT2D eigenvalue weighted by molar-refractivity contribution is 6.13. The van der Waals surface area contributed by atoms with Crippen LogP contribution in [0.15, 0.2) is 36.4 Å². The standard InChI is InChI=1S/C20H18N2O6/c1-10(2)12-7-8-13-16(9-12)28-20(21-11(3)23)14-5-4-6-15(22(26)27)17(14)18(24)19(13,20)25/h4-10,25H,1-3H3,(H,21,23). The van der Waals surface area contributed by atoms with E-state index >= 15 is 0 Å². The fraction of sp³-hybridized carbons (Fsp3) is 0.300. The third-order valence-electron chi connectivity index (χ3n) is 5.36. The molecule has 1 heterocycles. The van der Waals surface area contributed by atoms with Gasteiger partial charge in [-0.25, -0.2) is 0 Å². The number of nitrogens with one attached hydrogen (secondary N) is 1. The molecule has 0 aromatic heterocycles. The molecule has 0 radical (unpaired) electrons. The Bertz CT molecular complexity index is 1060. The Balaban J connectivity index is 2.03. The lowest BCUT2D eigenvalue weighted by Crippen LogP contribution is -2.59. The van der Waals surface area contributed by atoms with Crippen LogP contribution >= 0.6 is 0 Å². The van der Waals surface area contributed by atoms with Crippen LogP contribution in [0.5, 0.6) is 5.75 Å². The number of aliphatic hydroxyl groups is 1. The van der Waals surface area contributed by atoms with Gasteiger partial charge in [-0.3, -0.25) is 19.7 Å². The molecular formula is C20H18N2O6. The fourth-order valence-electron chi connectivity index (χ4n) is 4.08. The molecule has 2 atom stereocenters. The largest absolute Gasteiger partial charge is 0.459 e. The lowest BCUT2D eigenvalue weighted by molar-refractivity contribution is -0.385. The normalized spacial score (nSPS) is 24.4. The molecule has 0 bridgehead atoms. The Labute approximate surface area is 160 Å². The van der Waals surface area contributed by atoms with Crippen LogP contribution in [0.3, 0.4) is 0 Å². The van der Waals surface area contributed by atoms with Crippen molar-refractivity contribution in [2.45, 2.75) is 38.0 Å². The minimum absolute atomic E-state index is 0.0618. The van der Waals surface area contributed by atoms with Crippen LogP contribution in [0.2, 0.25) is 0 Å². The van der Waals surface area contributed by atoms with Gasteiger partial charge in [0.2, 0.25) is 17.3 Å². The molecule has 1 amide bonds. The molecule has 0 saturated carbocycles. The highest BCUT2D eigenvalue weighted by Gasteiger charge is 2.72. The molecule has 2 aliphatic rings. The van der Waals surface area contributed by atoms with Crippen molar-refractivity contribution >= 4 is 17.4 Å². The maximum absolute atomic E-state index is 13.3. The lowest BCUT2D eigenvalue weighted by Gasteiger charge is -2.34. The monoisotopic (exact) mass is 382 g/mol. The van der Waals surface area contributed by atoms with Crippen LogP contribution in [0.25, 0.3) is 0 Å². The summed E-state index contributed by atoms with van der Waals surface area (Å²) < 4.78 is 6.03. The van der Waals surface area contributed by atoms with Crippen LogP contribution in [-0.4, -0.2) is 21.7 Å². The summed E-state index contributed by atoms with van der Waals surface area (Å²) in [6.07, 6.45) is 0. The number of rotatable bonds is 3. The van der Waals surface area contributed by atoms with E-state index in [0.717, 1.165) is 5.56 Å². The van der Waals surface area contributed by atoms with Crippen LogP contribution < -0.4 is 10.1 Å². The molecule has 8 nitrogen and oxygen atoms in total. The Morgan fingerprint density at radius 2 is 1.96 bits per heavy atom. The Kier molecular flexibility index (Phi) is 3.64. The van der Waals surface area contributed by atoms with E-state index in [4.69, 9.17) is 4.74 Å². The zero-order valence-electron chi connectivity index (χ0n) is 15.5. The van der Waals surface area contributed by atoms with Crippen LogP contribution in [-0.2, 0) is 16.1 Å². The molecule has 1 aliphatic carbocycles. The molecule has 8 heteroatoms. The average Bonchev–Trinajstić information content (AvgIpc) is 2.98. The van der Waals surface area contributed by atoms with Crippen LogP contribution in [0.1, 0.15) is 53.7 Å². The molecule has 0 spiro atoms. The van der Waals surface area contributed by atoms with Crippen molar-refractivity contribution in [3.63, 3.8) is 0 Å². The van der Waals surface area contributed by atoms with Gasteiger partial charge < -0.3 is 15.2 Å². The smallest absolute Gasteiger partial charge is 0.280 e. The maximum Gasteiger partial charge on any atom is 0.280 e. The number of nitro groups is 1. The number of fused-ring (bicyclic) bond motifs is 5. The molecule has 144 valence electrons. The molecule has 2 N–H and O–H groups in total. The van der Waals surface area contributed by atoms with E-state index in [9.17, 15) is 24.8 Å². The van der Waals surface area contributed by atoms with Gasteiger partial charge in [0.05, 0.1) is 4.92 Å². The zero-order chi connectivity index (χ0) is 20.4. The predicted molar refractivity (Wildman–Crippen MR) is 98.0 cm³/mol. The Morgan fingerprint density at radius 1 is 1.25 bits per heavy atom. The van der Waals surface area contributed by atoms with E-state index in [2.05, 4.69) is 5.32 Å². The molecular weight excluding hydrogens is 364 g/mol. The van der Waals surface area contributed by atoms with Crippen molar-refractivity contribution in [1.82, 2.24) is 5.32 Å². The quantitative estimate of drug-likeness (QED) is 0.622. The average molecular weight is 382 g/mol. The van der Waals surface area contributed by atoms with Crippen molar-refractivity contribution < 1.29 is 24.4 Å². The second-order valence-electron chi connectivity index (χ2n) is 7.37. The van der Waals surface area contributed by atoms with Gasteiger partial charge in [-0.15, -0.1) is 0 Å². The van der Waals surface area contributed by atoms with Gasteiger partial charge in [-0.1, -0.05) is 38.1 Å². The van der Waals surface area contributed by atoms with E-state index < -0.39 is 33.6 Å². The van der Waals surface area contributed by atoms with Crippen molar-refractivity contribution in [3.8, 4) is 5.75 Å². The Morgan fingerprint density at radius 3 is 2.57 bits per heavy atom. The molecule has 2 unspecified atom stereocenters. The molecule has 28 heavy (non-hydrogen) atoms. The number of nitrogens with zero attached hydrogens (tertiary/aromatic N) is 1. The van der Waals surface area contributed by atoms with E-state index in [1.165, 1.54) is 25.1 Å². The van der Waals surface area contributed by atoms with Gasteiger partial charge >= 0.3 is 0 Å². The fourth-order valence-corrected chi connectivity index (χ4v) is 4.08. The highest BCUT2D eigenvalue weighted by Crippen LogP contribution is 2.59. The highest BCUT2D eigenvalue weighted by atomic mass is 16.6. The second-order valence-corrected chi connectivity index (χ2v) is 7.37. The van der Waals surface area contributed by atoms with Crippen LogP contribution in [0, 0.1) is 10.1 Å². The van der Waals surface area contributed by atoms with Crippen molar-refractivity contribution in [3.05, 3.63) is 68.8 Å². The third kappa shape index (κ3) is 2.03. The predicted octanol–water partition coefficient (Wildman–Crippen LogP) is 2.48. The summed E-state index contributed by atoms with van der Waals surface area (Å²) in [5, 5.41) is 25.6. The topological polar surface area (TPSA) is 119 Å². The van der Waals surface area contributed by atoms with Crippen molar-refractivity contribution in [2.24, 2.45) is 0 Å². The second kappa shape index (κ2) is 5.62. The molecule has 2 aromatic carbocycles. The minimum Gasteiger partial charge on any atom is -0.459 e. The van der Waals surface area contributed by atoms with Crippen molar-refractivity contribution in [1.29, 1.82) is 0 Å². The van der Waals surface area contributed by atoms with Gasteiger partial charge in [-0.2, -0.15) is 0 Å². The SMILES string of the molecule is CC(=O)NC12Oc3cc(C(C)C)ccc3C1(O)C(=O)c1c([N+](=O)[O-])cccc12. The van der Waals surface area contributed by atoms with E-state index in [1.807, 2.05) is 13.8 Å². The summed E-state index contributed by atoms with van der Waals surface area (Å²) in [7, 11) is 0. The number of amides is 1. The van der Waals surface area contributed by atoms with E-state index in [1.54, 1.807) is 18.2 Å². The first-order valence-electron chi connectivity index (χ1n) is 8.80. The summed E-state index contributed by atoms with van der Waals surface area (Å²) in [6.45, 7) is 5.19. The maximum atomic E-state index is 13.3. The van der Waals surface area contributed by atoms with Crippen LogP contribution in [0.4, 0.5) is 5.69 Å². The summed E-state index contributed by atoms with van der Waals surface area (Å²) in [5.41, 5.74) is -3.83. The number of carbonyl (C=O) groups is 2. The minimum atomic E-state index is -2.31. The first-order chi connectivity index (χ1) is 13.1. The van der Waals surface area contributed by atoms with Gasteiger partial charge in [0, 0.05) is 24.1 Å². The number of benzene rings is 2. The van der Waals surface area contributed by atoms with Gasteiger partial charge in [0.1, 0.15) is 11.3 Å². The third-order valence-corrected chi connectivity index (χ3v) is 5.36. The molecule has 4 rings (SSSR count). The first kappa shape index (κ1) is 18.1. The summed E-state index contributed by atoms with van der Waals surface area (Å²) in [5.74, 6) is -1.00. The number of ketones is 1. The van der Waals surface area contributed by atoms with Gasteiger partial charge in [0.15, 0.2) is 0 Å². The van der Waals surface area contributed by atoms with Gasteiger partial charge in [-0.05, 0) is 17.5 Å². The van der Waals surface area contributed by atoms with E-state index in [0.29, 0.717) is 0 Å². The van der Waals surface area contributed by atoms with Gasteiger partial charge in [0.25, 0.3) is 11.4 Å². The number of ether oxygens (including phenoxy) is 1.